The summed E-state index contributed by atoms with van der Waals surface area (Å²) in [5, 5.41) is 0. The van der Waals surface area contributed by atoms with Crippen LogP contribution in [-0.2, 0) is 26.4 Å². The van der Waals surface area contributed by atoms with Crippen LogP contribution < -0.4 is 4.72 Å². The predicted octanol–water partition coefficient (Wildman–Crippen LogP) is 2.66. The fourth-order valence-corrected chi connectivity index (χ4v) is 2.71. The van der Waals surface area contributed by atoms with Gasteiger partial charge in [0.2, 0.25) is 0 Å². The number of carbonyl (C=O) groups is 1. The minimum atomic E-state index is -1.46. The Kier molecular flexibility index (Phi) is 5.78. The van der Waals surface area contributed by atoms with E-state index in [1.54, 1.807) is 45.9 Å². The number of nitrogens with one attached hydrogen (secondary N) is 1. The molecular weight excluding hydrogens is 293 g/mol. The number of halogens is 1. The summed E-state index contributed by atoms with van der Waals surface area (Å²) in [6.45, 7) is 7.05. The standard InChI is InChI=1S/C15H22FNO3S/c1-14(2,3)21(19)17-15(4,10-13(18)20-5)11-8-6-7-9-12(11)16/h6-9,17H,10H2,1-5H3/t15?,21-/m1/s1. The highest BCUT2D eigenvalue weighted by Crippen LogP contribution is 2.30. The number of benzene rings is 1. The fourth-order valence-electron chi connectivity index (χ4n) is 1.81. The van der Waals surface area contributed by atoms with Crippen molar-refractivity contribution in [2.75, 3.05) is 7.11 Å². The maximum atomic E-state index is 14.1. The molecule has 1 rings (SSSR count). The second-order valence-electron chi connectivity index (χ2n) is 6.05. The lowest BCUT2D eigenvalue weighted by atomic mass is 9.89. The first-order valence-corrected chi connectivity index (χ1v) is 7.76. The topological polar surface area (TPSA) is 61.4 Å². The first kappa shape index (κ1) is 17.9. The van der Waals surface area contributed by atoms with Crippen molar-refractivity contribution in [3.63, 3.8) is 0 Å². The summed E-state index contributed by atoms with van der Waals surface area (Å²) in [4.78, 5) is 11.7. The van der Waals surface area contributed by atoms with Crippen molar-refractivity contribution in [1.82, 2.24) is 4.72 Å². The Morgan fingerprint density at radius 1 is 1.33 bits per heavy atom. The zero-order chi connectivity index (χ0) is 16.3. The molecule has 0 aliphatic heterocycles. The SMILES string of the molecule is COC(=O)CC(C)(N[S@+]([O-])C(C)(C)C)c1ccccc1F. The molecule has 0 aliphatic rings. The maximum Gasteiger partial charge on any atom is 0.307 e. The molecule has 1 unspecified atom stereocenters. The first-order valence-electron chi connectivity index (χ1n) is 6.61. The molecule has 0 radical (unpaired) electrons. The Morgan fingerprint density at radius 3 is 2.38 bits per heavy atom. The molecule has 0 heterocycles. The van der Waals surface area contributed by atoms with Crippen molar-refractivity contribution in [2.24, 2.45) is 0 Å². The van der Waals surface area contributed by atoms with Gasteiger partial charge in [0.25, 0.3) is 0 Å². The molecule has 4 nitrogen and oxygen atoms in total. The van der Waals surface area contributed by atoms with E-state index in [4.69, 9.17) is 0 Å². The van der Waals surface area contributed by atoms with Gasteiger partial charge in [0, 0.05) is 16.9 Å². The van der Waals surface area contributed by atoms with Gasteiger partial charge in [0.1, 0.15) is 10.6 Å². The molecule has 0 spiro atoms. The lowest BCUT2D eigenvalue weighted by Crippen LogP contribution is -2.51. The third-order valence-corrected chi connectivity index (χ3v) is 4.82. The van der Waals surface area contributed by atoms with Crippen LogP contribution in [0.15, 0.2) is 24.3 Å². The third-order valence-electron chi connectivity index (χ3n) is 3.07. The molecule has 1 aromatic carbocycles. The maximum absolute atomic E-state index is 14.1. The monoisotopic (exact) mass is 315 g/mol. The van der Waals surface area contributed by atoms with Crippen molar-refractivity contribution in [1.29, 1.82) is 0 Å². The van der Waals surface area contributed by atoms with E-state index in [2.05, 4.69) is 9.46 Å². The molecule has 118 valence electrons. The quantitative estimate of drug-likeness (QED) is 0.670. The fraction of sp³-hybridized carbons (Fsp3) is 0.533. The second-order valence-corrected chi connectivity index (χ2v) is 8.01. The third kappa shape index (κ3) is 4.69. The number of hydrogen-bond donors (Lipinski definition) is 1. The van der Waals surface area contributed by atoms with Gasteiger partial charge in [-0.05, 0) is 33.8 Å². The molecule has 1 aromatic rings. The van der Waals surface area contributed by atoms with Gasteiger partial charge in [-0.2, -0.15) is 0 Å². The van der Waals surface area contributed by atoms with E-state index in [1.807, 2.05) is 0 Å². The zero-order valence-electron chi connectivity index (χ0n) is 13.0. The van der Waals surface area contributed by atoms with Crippen LogP contribution in [0.2, 0.25) is 0 Å². The van der Waals surface area contributed by atoms with Crippen molar-refractivity contribution in [3.05, 3.63) is 35.6 Å². The second kappa shape index (κ2) is 6.77. The molecule has 0 saturated carbocycles. The van der Waals surface area contributed by atoms with Gasteiger partial charge in [0.05, 0.1) is 19.1 Å². The van der Waals surface area contributed by atoms with Crippen LogP contribution in [0.1, 0.15) is 39.7 Å². The van der Waals surface area contributed by atoms with Gasteiger partial charge in [-0.15, -0.1) is 4.72 Å². The summed E-state index contributed by atoms with van der Waals surface area (Å²) >= 11 is -1.46. The van der Waals surface area contributed by atoms with Gasteiger partial charge in [0.15, 0.2) is 0 Å². The molecule has 1 N–H and O–H groups in total. The van der Waals surface area contributed by atoms with Crippen molar-refractivity contribution < 1.29 is 18.5 Å². The van der Waals surface area contributed by atoms with E-state index in [1.165, 1.54) is 13.2 Å². The van der Waals surface area contributed by atoms with Gasteiger partial charge in [-0.25, -0.2) is 4.39 Å². The van der Waals surface area contributed by atoms with Crippen LogP contribution in [0.3, 0.4) is 0 Å². The highest BCUT2D eigenvalue weighted by atomic mass is 32.2. The molecule has 2 atom stereocenters. The first-order chi connectivity index (χ1) is 9.60. The Labute approximate surface area is 128 Å². The number of ether oxygens (including phenoxy) is 1. The Balaban J connectivity index is 3.18. The number of hydrogen-bond acceptors (Lipinski definition) is 4. The van der Waals surface area contributed by atoms with E-state index in [-0.39, 0.29) is 12.0 Å². The molecule has 0 fully saturated rings. The van der Waals surface area contributed by atoms with Crippen LogP contribution in [0.25, 0.3) is 0 Å². The summed E-state index contributed by atoms with van der Waals surface area (Å²) in [7, 11) is 1.27. The molecule has 6 heteroatoms. The van der Waals surface area contributed by atoms with Crippen LogP contribution >= 0.6 is 0 Å². The Hall–Kier alpha value is -1.11. The van der Waals surface area contributed by atoms with Gasteiger partial charge < -0.3 is 9.29 Å². The molecule has 0 saturated heterocycles. The minimum absolute atomic E-state index is 0.119. The summed E-state index contributed by atoms with van der Waals surface area (Å²) in [5.41, 5.74) is -0.829. The molecule has 0 amide bonds. The van der Waals surface area contributed by atoms with E-state index in [9.17, 15) is 13.7 Å². The summed E-state index contributed by atoms with van der Waals surface area (Å²) < 4.78 is 33.5. The van der Waals surface area contributed by atoms with Crippen LogP contribution in [0, 0.1) is 5.82 Å². The largest absolute Gasteiger partial charge is 0.598 e. The zero-order valence-corrected chi connectivity index (χ0v) is 13.8. The van der Waals surface area contributed by atoms with Crippen molar-refractivity contribution in [2.45, 2.75) is 44.4 Å². The number of rotatable bonds is 5. The molecule has 0 aliphatic carbocycles. The number of carbonyl (C=O) groups excluding carboxylic acids is 1. The molecule has 0 aromatic heterocycles. The Bertz CT molecular complexity index is 504. The highest BCUT2D eigenvalue weighted by molar-refractivity contribution is 7.90. The van der Waals surface area contributed by atoms with Crippen LogP contribution in [0.4, 0.5) is 4.39 Å². The van der Waals surface area contributed by atoms with Gasteiger partial charge >= 0.3 is 5.97 Å². The predicted molar refractivity (Wildman–Crippen MR) is 81.4 cm³/mol. The van der Waals surface area contributed by atoms with Gasteiger partial charge in [-0.1, -0.05) is 18.2 Å². The van der Waals surface area contributed by atoms with E-state index >= 15 is 0 Å². The lowest BCUT2D eigenvalue weighted by molar-refractivity contribution is -0.142. The summed E-state index contributed by atoms with van der Waals surface area (Å²) in [5.74, 6) is -0.957. The van der Waals surface area contributed by atoms with Crippen molar-refractivity contribution >= 4 is 17.3 Å². The van der Waals surface area contributed by atoms with Gasteiger partial charge in [-0.3, -0.25) is 4.79 Å². The van der Waals surface area contributed by atoms with Crippen molar-refractivity contribution in [3.8, 4) is 0 Å². The Morgan fingerprint density at radius 2 is 1.90 bits per heavy atom. The highest BCUT2D eigenvalue weighted by Gasteiger charge is 2.40. The average molecular weight is 315 g/mol. The number of methoxy groups -OCH3 is 1. The molecule has 0 bridgehead atoms. The number of esters is 1. The van der Waals surface area contributed by atoms with E-state index < -0.39 is 33.4 Å². The van der Waals surface area contributed by atoms with Crippen LogP contribution in [-0.4, -0.2) is 22.4 Å². The summed E-state index contributed by atoms with van der Waals surface area (Å²) in [6.07, 6.45) is -0.119. The molecule has 21 heavy (non-hydrogen) atoms. The van der Waals surface area contributed by atoms with E-state index in [0.29, 0.717) is 0 Å². The molecular formula is C15H22FNO3S. The lowest BCUT2D eigenvalue weighted by Gasteiger charge is -2.34. The smallest absolute Gasteiger partial charge is 0.307 e. The van der Waals surface area contributed by atoms with Crippen LogP contribution in [0.5, 0.6) is 0 Å². The summed E-state index contributed by atoms with van der Waals surface area (Å²) in [6, 6.07) is 6.13. The normalized spacial score (nSPS) is 16.1. The average Bonchev–Trinajstić information content (AvgIpc) is 2.37. The van der Waals surface area contributed by atoms with E-state index in [0.717, 1.165) is 0 Å². The minimum Gasteiger partial charge on any atom is -0.598 e.